The van der Waals surface area contributed by atoms with Crippen LogP contribution in [0, 0.1) is 6.92 Å². The van der Waals surface area contributed by atoms with Gasteiger partial charge in [-0.25, -0.2) is 4.98 Å². The molecule has 4 rings (SSSR count). The number of nitrogens with zero attached hydrogens (tertiary/aromatic N) is 2. The molecule has 0 aliphatic carbocycles. The number of rotatable bonds is 6. The topological polar surface area (TPSA) is 91.4 Å². The average Bonchev–Trinajstić information content (AvgIpc) is 3.52. The summed E-state index contributed by atoms with van der Waals surface area (Å²) in [7, 11) is 0. The molecule has 7 nitrogen and oxygen atoms in total. The molecule has 178 valence electrons. The average molecular weight is 515 g/mol. The van der Waals surface area contributed by atoms with Crippen LogP contribution in [0.15, 0.2) is 46.7 Å². The number of hydrazine groups is 1. The Hall–Kier alpha value is -2.69. The maximum atomic E-state index is 12.7. The van der Waals surface area contributed by atoms with Crippen molar-refractivity contribution in [2.24, 2.45) is 0 Å². The first-order valence-electron chi connectivity index (χ1n) is 11.0. The van der Waals surface area contributed by atoms with Gasteiger partial charge in [-0.2, -0.15) is 0 Å². The first kappa shape index (κ1) is 24.4. The SMILES string of the molecule is CSc1ccc(CC(=O)N2CCC(c3nc(C(=O)NNC(=O)c4ccc(C)s4)cs3)CC2)cc1. The van der Waals surface area contributed by atoms with E-state index in [-0.39, 0.29) is 23.4 Å². The summed E-state index contributed by atoms with van der Waals surface area (Å²) in [5.41, 5.74) is 6.18. The summed E-state index contributed by atoms with van der Waals surface area (Å²) in [6.45, 7) is 3.29. The molecule has 1 fully saturated rings. The molecule has 1 aliphatic rings. The molecule has 0 spiro atoms. The van der Waals surface area contributed by atoms with Crippen LogP contribution in [0.1, 0.15) is 54.4 Å². The van der Waals surface area contributed by atoms with E-state index in [0.717, 1.165) is 28.3 Å². The number of likely N-dealkylation sites (tertiary alicyclic amines) is 1. The smallest absolute Gasteiger partial charge is 0.289 e. The fourth-order valence-corrected chi connectivity index (χ4v) is 5.92. The molecule has 3 heterocycles. The molecule has 3 amide bonds. The van der Waals surface area contributed by atoms with Crippen LogP contribution in [0.4, 0.5) is 0 Å². The molecule has 0 bridgehead atoms. The zero-order valence-corrected chi connectivity index (χ0v) is 21.4. The van der Waals surface area contributed by atoms with Gasteiger partial charge in [-0.1, -0.05) is 12.1 Å². The Morgan fingerprint density at radius 1 is 1.06 bits per heavy atom. The van der Waals surface area contributed by atoms with E-state index in [2.05, 4.69) is 15.8 Å². The summed E-state index contributed by atoms with van der Waals surface area (Å²) in [5, 5.41) is 2.60. The van der Waals surface area contributed by atoms with Gasteiger partial charge in [-0.05, 0) is 55.9 Å². The minimum absolute atomic E-state index is 0.145. The lowest BCUT2D eigenvalue weighted by molar-refractivity contribution is -0.131. The second-order valence-electron chi connectivity index (χ2n) is 8.07. The predicted molar refractivity (Wildman–Crippen MR) is 137 cm³/mol. The minimum Gasteiger partial charge on any atom is -0.342 e. The lowest BCUT2D eigenvalue weighted by atomic mass is 9.97. The summed E-state index contributed by atoms with van der Waals surface area (Å²) < 4.78 is 0. The molecule has 1 aliphatic heterocycles. The van der Waals surface area contributed by atoms with E-state index >= 15 is 0 Å². The van der Waals surface area contributed by atoms with Crippen LogP contribution in [0.5, 0.6) is 0 Å². The summed E-state index contributed by atoms with van der Waals surface area (Å²) in [6.07, 6.45) is 4.09. The monoisotopic (exact) mass is 514 g/mol. The summed E-state index contributed by atoms with van der Waals surface area (Å²) in [6, 6.07) is 11.7. The predicted octanol–water partition coefficient (Wildman–Crippen LogP) is 4.26. The van der Waals surface area contributed by atoms with E-state index in [0.29, 0.717) is 24.4 Å². The molecular formula is C24H26N4O3S3. The number of hydrogen-bond donors (Lipinski definition) is 2. The maximum Gasteiger partial charge on any atom is 0.289 e. The van der Waals surface area contributed by atoms with Gasteiger partial charge in [0.05, 0.1) is 16.3 Å². The van der Waals surface area contributed by atoms with Crippen LogP contribution in [-0.4, -0.2) is 47.0 Å². The molecule has 0 unspecified atom stereocenters. The lowest BCUT2D eigenvalue weighted by Gasteiger charge is -2.31. The molecule has 1 aromatic carbocycles. The zero-order chi connectivity index (χ0) is 24.1. The van der Waals surface area contributed by atoms with Crippen molar-refractivity contribution in [1.29, 1.82) is 0 Å². The molecular weight excluding hydrogens is 488 g/mol. The third-order valence-corrected chi connectivity index (χ3v) is 8.47. The summed E-state index contributed by atoms with van der Waals surface area (Å²) >= 11 is 4.50. The maximum absolute atomic E-state index is 12.7. The number of aromatic nitrogens is 1. The molecule has 1 saturated heterocycles. The Kier molecular flexibility index (Phi) is 8.02. The van der Waals surface area contributed by atoms with Crippen molar-refractivity contribution in [3.63, 3.8) is 0 Å². The third kappa shape index (κ3) is 6.05. The highest BCUT2D eigenvalue weighted by Gasteiger charge is 2.26. The molecule has 3 aromatic rings. The number of carbonyl (C=O) groups is 3. The number of thioether (sulfide) groups is 1. The fourth-order valence-electron chi connectivity index (χ4n) is 3.78. The number of nitrogens with one attached hydrogen (secondary N) is 2. The third-order valence-electron chi connectivity index (χ3n) is 5.72. The molecule has 2 aromatic heterocycles. The highest BCUT2D eigenvalue weighted by molar-refractivity contribution is 7.98. The van der Waals surface area contributed by atoms with Crippen molar-refractivity contribution in [1.82, 2.24) is 20.7 Å². The van der Waals surface area contributed by atoms with Crippen molar-refractivity contribution < 1.29 is 14.4 Å². The fraction of sp³-hybridized carbons (Fsp3) is 0.333. The quantitative estimate of drug-likeness (QED) is 0.379. The lowest BCUT2D eigenvalue weighted by Crippen LogP contribution is -2.41. The molecule has 0 saturated carbocycles. The van der Waals surface area contributed by atoms with Crippen molar-refractivity contribution in [3.8, 4) is 0 Å². The van der Waals surface area contributed by atoms with Gasteiger partial charge < -0.3 is 4.90 Å². The van der Waals surface area contributed by atoms with Gasteiger partial charge in [0.1, 0.15) is 5.69 Å². The number of thiazole rings is 1. The highest BCUT2D eigenvalue weighted by Crippen LogP contribution is 2.30. The number of hydrogen-bond acceptors (Lipinski definition) is 7. The Bertz CT molecular complexity index is 1160. The van der Waals surface area contributed by atoms with Crippen LogP contribution in [0.2, 0.25) is 0 Å². The second-order valence-corrected chi connectivity index (χ2v) is 11.1. The van der Waals surface area contributed by atoms with E-state index in [4.69, 9.17) is 0 Å². The number of benzene rings is 1. The van der Waals surface area contributed by atoms with Crippen LogP contribution >= 0.6 is 34.4 Å². The molecule has 10 heteroatoms. The summed E-state index contributed by atoms with van der Waals surface area (Å²) in [5.74, 6) is -0.422. The first-order valence-corrected chi connectivity index (χ1v) is 13.9. The standard InChI is InChI=1S/C24H26N4O3S3/c1-15-3-8-20(34-15)23(31)27-26-22(30)19-14-33-24(25-19)17-9-11-28(12-10-17)21(29)13-16-4-6-18(32-2)7-5-16/h3-8,14,17H,9-13H2,1-2H3,(H,26,30)(H,27,31). The molecule has 0 atom stereocenters. The number of aryl methyl sites for hydroxylation is 1. The number of carbonyl (C=O) groups excluding carboxylic acids is 3. The molecule has 0 radical (unpaired) electrons. The number of piperidine rings is 1. The van der Waals surface area contributed by atoms with E-state index in [1.54, 1.807) is 23.2 Å². The Balaban J connectivity index is 1.25. The number of amides is 3. The van der Waals surface area contributed by atoms with Crippen molar-refractivity contribution in [2.75, 3.05) is 19.3 Å². The Morgan fingerprint density at radius 2 is 1.76 bits per heavy atom. The zero-order valence-electron chi connectivity index (χ0n) is 19.0. The number of thiophene rings is 1. The van der Waals surface area contributed by atoms with E-state index in [9.17, 15) is 14.4 Å². The van der Waals surface area contributed by atoms with Gasteiger partial charge in [0, 0.05) is 34.2 Å². The largest absolute Gasteiger partial charge is 0.342 e. The van der Waals surface area contributed by atoms with Gasteiger partial charge in [0.2, 0.25) is 5.91 Å². The second kappa shape index (κ2) is 11.2. The van der Waals surface area contributed by atoms with Gasteiger partial charge >= 0.3 is 0 Å². The van der Waals surface area contributed by atoms with Crippen LogP contribution in [-0.2, 0) is 11.2 Å². The van der Waals surface area contributed by atoms with E-state index in [1.807, 2.05) is 48.4 Å². The molecule has 34 heavy (non-hydrogen) atoms. The van der Waals surface area contributed by atoms with Crippen molar-refractivity contribution >= 4 is 52.2 Å². The van der Waals surface area contributed by atoms with Crippen LogP contribution < -0.4 is 10.9 Å². The first-order chi connectivity index (χ1) is 16.4. The van der Waals surface area contributed by atoms with E-state index < -0.39 is 5.91 Å². The van der Waals surface area contributed by atoms with E-state index in [1.165, 1.54) is 27.6 Å². The molecule has 2 N–H and O–H groups in total. The Labute approximate surface area is 210 Å². The Morgan fingerprint density at radius 3 is 2.41 bits per heavy atom. The van der Waals surface area contributed by atoms with Crippen LogP contribution in [0.3, 0.4) is 0 Å². The van der Waals surface area contributed by atoms with Gasteiger partial charge in [-0.15, -0.1) is 34.4 Å². The minimum atomic E-state index is -0.441. The van der Waals surface area contributed by atoms with Gasteiger partial charge in [0.25, 0.3) is 11.8 Å². The van der Waals surface area contributed by atoms with Crippen LogP contribution in [0.25, 0.3) is 0 Å². The van der Waals surface area contributed by atoms with Gasteiger partial charge in [0.15, 0.2) is 0 Å². The van der Waals surface area contributed by atoms with Gasteiger partial charge in [-0.3, -0.25) is 25.2 Å². The van der Waals surface area contributed by atoms with Crippen molar-refractivity contribution in [2.45, 2.75) is 37.0 Å². The normalized spacial score (nSPS) is 14.1. The summed E-state index contributed by atoms with van der Waals surface area (Å²) in [4.78, 5) is 46.4. The highest BCUT2D eigenvalue weighted by atomic mass is 32.2. The van der Waals surface area contributed by atoms with Crippen molar-refractivity contribution in [3.05, 3.63) is 67.8 Å².